The van der Waals surface area contributed by atoms with E-state index in [2.05, 4.69) is 185 Å². The molecular formula is C47H29N3. The Morgan fingerprint density at radius 2 is 0.960 bits per heavy atom. The van der Waals surface area contributed by atoms with Crippen molar-refractivity contribution >= 4 is 70.9 Å². The van der Waals surface area contributed by atoms with Crippen LogP contribution in [0.2, 0.25) is 0 Å². The number of benzene rings is 8. The Morgan fingerprint density at radius 3 is 1.76 bits per heavy atom. The van der Waals surface area contributed by atoms with Crippen molar-refractivity contribution in [1.29, 1.82) is 0 Å². The first kappa shape index (κ1) is 27.3. The smallest absolute Gasteiger partial charge is 0.146 e. The van der Waals surface area contributed by atoms with Crippen LogP contribution in [-0.4, -0.2) is 14.0 Å². The molecule has 0 aliphatic carbocycles. The Kier molecular flexibility index (Phi) is 5.67. The molecule has 0 fully saturated rings. The normalized spacial score (nSPS) is 12.0. The standard InChI is InChI=1S/C47H29N3/c1-2-11-35(12-3-1)49-42-16-8-6-14-37(42)39-28-33(23-26-43(39)49)30-18-20-31(21-19-30)34-24-27-44-40(29-34)46-36-13-5-4-10-32(36)22-25-38(46)47-48-41-15-7-9-17-45(41)50(44)47/h1-29H. The minimum atomic E-state index is 1.00. The number of nitrogens with zero attached hydrogens (tertiary/aromatic N) is 3. The van der Waals surface area contributed by atoms with E-state index in [-0.39, 0.29) is 0 Å². The number of pyridine rings is 1. The van der Waals surface area contributed by atoms with Crippen molar-refractivity contribution in [2.24, 2.45) is 0 Å². The van der Waals surface area contributed by atoms with Crippen LogP contribution in [0.1, 0.15) is 0 Å². The number of fused-ring (bicyclic) bond motifs is 13. The number of imidazole rings is 1. The Labute approximate surface area is 287 Å². The zero-order chi connectivity index (χ0) is 32.8. The van der Waals surface area contributed by atoms with Gasteiger partial charge in [0.15, 0.2) is 0 Å². The summed E-state index contributed by atoms with van der Waals surface area (Å²) >= 11 is 0. The van der Waals surface area contributed by atoms with E-state index in [1.165, 1.54) is 82.2 Å². The average molecular weight is 636 g/mol. The molecule has 0 amide bonds. The van der Waals surface area contributed by atoms with Gasteiger partial charge in [-0.25, -0.2) is 4.98 Å². The molecular weight excluding hydrogens is 607 g/mol. The van der Waals surface area contributed by atoms with E-state index < -0.39 is 0 Å². The van der Waals surface area contributed by atoms with Crippen molar-refractivity contribution in [2.45, 2.75) is 0 Å². The molecule has 8 aromatic carbocycles. The Morgan fingerprint density at radius 1 is 0.360 bits per heavy atom. The van der Waals surface area contributed by atoms with Crippen molar-refractivity contribution in [1.82, 2.24) is 14.0 Å². The summed E-state index contributed by atoms with van der Waals surface area (Å²) in [5.74, 6) is 0. The summed E-state index contributed by atoms with van der Waals surface area (Å²) in [6, 6.07) is 63.8. The largest absolute Gasteiger partial charge is 0.309 e. The van der Waals surface area contributed by atoms with Crippen LogP contribution in [0.4, 0.5) is 0 Å². The minimum absolute atomic E-state index is 1.00. The quantitative estimate of drug-likeness (QED) is 0.177. The van der Waals surface area contributed by atoms with Gasteiger partial charge in [0.2, 0.25) is 0 Å². The van der Waals surface area contributed by atoms with E-state index in [1.54, 1.807) is 0 Å². The molecule has 0 atom stereocenters. The Bertz CT molecular complexity index is 3130. The molecule has 11 rings (SSSR count). The van der Waals surface area contributed by atoms with Crippen LogP contribution in [0.3, 0.4) is 0 Å². The number of rotatable bonds is 3. The van der Waals surface area contributed by atoms with E-state index in [1.807, 2.05) is 0 Å². The molecule has 0 N–H and O–H groups in total. The number of para-hydroxylation sites is 4. The van der Waals surface area contributed by atoms with Crippen LogP contribution in [-0.2, 0) is 0 Å². The van der Waals surface area contributed by atoms with E-state index in [9.17, 15) is 0 Å². The number of aromatic nitrogens is 3. The topological polar surface area (TPSA) is 22.2 Å². The summed E-state index contributed by atoms with van der Waals surface area (Å²) in [7, 11) is 0. The van der Waals surface area contributed by atoms with Gasteiger partial charge >= 0.3 is 0 Å². The summed E-state index contributed by atoms with van der Waals surface area (Å²) in [6.07, 6.45) is 0. The highest BCUT2D eigenvalue weighted by Crippen LogP contribution is 2.39. The van der Waals surface area contributed by atoms with Crippen molar-refractivity contribution in [3.8, 4) is 27.9 Å². The van der Waals surface area contributed by atoms with Gasteiger partial charge in [0, 0.05) is 32.6 Å². The lowest BCUT2D eigenvalue weighted by Gasteiger charge is -2.13. The average Bonchev–Trinajstić information content (AvgIpc) is 3.74. The van der Waals surface area contributed by atoms with Gasteiger partial charge in [-0.3, -0.25) is 4.40 Å². The lowest BCUT2D eigenvalue weighted by molar-refractivity contribution is 1.18. The molecule has 0 aliphatic rings. The van der Waals surface area contributed by atoms with Gasteiger partial charge in [-0.2, -0.15) is 0 Å². The highest BCUT2D eigenvalue weighted by molar-refractivity contribution is 6.24. The summed E-state index contributed by atoms with van der Waals surface area (Å²) in [5, 5.41) is 8.67. The highest BCUT2D eigenvalue weighted by Gasteiger charge is 2.17. The third kappa shape index (κ3) is 3.89. The lowest BCUT2D eigenvalue weighted by atomic mass is 9.95. The van der Waals surface area contributed by atoms with Crippen LogP contribution >= 0.6 is 0 Å². The summed E-state index contributed by atoms with van der Waals surface area (Å²) in [6.45, 7) is 0. The van der Waals surface area contributed by atoms with Crippen LogP contribution < -0.4 is 0 Å². The van der Waals surface area contributed by atoms with Gasteiger partial charge < -0.3 is 4.57 Å². The van der Waals surface area contributed by atoms with Crippen molar-refractivity contribution in [3.63, 3.8) is 0 Å². The molecule has 0 bridgehead atoms. The predicted molar refractivity (Wildman–Crippen MR) is 210 cm³/mol. The third-order valence-electron chi connectivity index (χ3n) is 10.5. The fraction of sp³-hybridized carbons (Fsp3) is 0. The molecule has 232 valence electrons. The zero-order valence-corrected chi connectivity index (χ0v) is 27.1. The first-order valence-electron chi connectivity index (χ1n) is 17.1. The van der Waals surface area contributed by atoms with Crippen molar-refractivity contribution in [3.05, 3.63) is 176 Å². The SMILES string of the molecule is c1ccc(-n2c3ccccc3c3cc(-c4ccc(-c5ccc6c(c5)c5c7ccccc7ccc5c5nc7ccccc7n65)cc4)ccc32)cc1. The van der Waals surface area contributed by atoms with E-state index >= 15 is 0 Å². The lowest BCUT2D eigenvalue weighted by Crippen LogP contribution is -1.93. The van der Waals surface area contributed by atoms with Crippen LogP contribution in [0, 0.1) is 0 Å². The minimum Gasteiger partial charge on any atom is -0.309 e. The molecule has 3 aromatic heterocycles. The molecule has 3 nitrogen and oxygen atoms in total. The highest BCUT2D eigenvalue weighted by atomic mass is 15.0. The van der Waals surface area contributed by atoms with Crippen LogP contribution in [0.5, 0.6) is 0 Å². The van der Waals surface area contributed by atoms with Gasteiger partial charge in [0.1, 0.15) is 5.65 Å². The maximum absolute atomic E-state index is 5.13. The van der Waals surface area contributed by atoms with Gasteiger partial charge in [-0.1, -0.05) is 115 Å². The zero-order valence-electron chi connectivity index (χ0n) is 27.1. The molecule has 50 heavy (non-hydrogen) atoms. The second-order valence-electron chi connectivity index (χ2n) is 13.2. The molecule has 3 heterocycles. The summed E-state index contributed by atoms with van der Waals surface area (Å²) in [4.78, 5) is 5.13. The Hall–Kier alpha value is -6.71. The van der Waals surface area contributed by atoms with E-state index in [4.69, 9.17) is 4.98 Å². The summed E-state index contributed by atoms with van der Waals surface area (Å²) < 4.78 is 4.70. The second kappa shape index (κ2) is 10.4. The first-order chi connectivity index (χ1) is 24.8. The monoisotopic (exact) mass is 635 g/mol. The van der Waals surface area contributed by atoms with Gasteiger partial charge in [-0.05, 0) is 93.7 Å². The molecule has 0 saturated heterocycles. The number of hydrogen-bond donors (Lipinski definition) is 0. The fourth-order valence-electron chi connectivity index (χ4n) is 8.17. The molecule has 11 aromatic rings. The molecule has 0 unspecified atom stereocenters. The molecule has 0 saturated carbocycles. The van der Waals surface area contributed by atoms with Gasteiger partial charge in [-0.15, -0.1) is 0 Å². The molecule has 0 aliphatic heterocycles. The van der Waals surface area contributed by atoms with Gasteiger partial charge in [0.25, 0.3) is 0 Å². The molecule has 0 spiro atoms. The third-order valence-corrected chi connectivity index (χ3v) is 10.5. The second-order valence-corrected chi connectivity index (χ2v) is 13.2. The fourth-order valence-corrected chi connectivity index (χ4v) is 8.17. The van der Waals surface area contributed by atoms with Crippen molar-refractivity contribution < 1.29 is 0 Å². The number of hydrogen-bond acceptors (Lipinski definition) is 1. The predicted octanol–water partition coefficient (Wildman–Crippen LogP) is 12.4. The first-order valence-corrected chi connectivity index (χ1v) is 17.1. The maximum Gasteiger partial charge on any atom is 0.146 e. The van der Waals surface area contributed by atoms with Crippen LogP contribution in [0.15, 0.2) is 176 Å². The van der Waals surface area contributed by atoms with E-state index in [0.717, 1.165) is 16.7 Å². The van der Waals surface area contributed by atoms with E-state index in [0.29, 0.717) is 0 Å². The molecule has 3 heteroatoms. The van der Waals surface area contributed by atoms with Crippen LogP contribution in [0.25, 0.3) is 98.9 Å². The maximum atomic E-state index is 5.13. The van der Waals surface area contributed by atoms with Gasteiger partial charge in [0.05, 0.1) is 27.6 Å². The Balaban J connectivity index is 1.07. The van der Waals surface area contributed by atoms with Crippen molar-refractivity contribution in [2.75, 3.05) is 0 Å². The summed E-state index contributed by atoms with van der Waals surface area (Å²) in [5.41, 5.74) is 12.7. The molecule has 0 radical (unpaired) electrons.